The summed E-state index contributed by atoms with van der Waals surface area (Å²) < 4.78 is 16.3. The van der Waals surface area contributed by atoms with Gasteiger partial charge in [0.15, 0.2) is 0 Å². The van der Waals surface area contributed by atoms with Crippen LogP contribution < -0.4 is 9.47 Å². The van der Waals surface area contributed by atoms with Gasteiger partial charge in [-0.1, -0.05) is 18.7 Å². The van der Waals surface area contributed by atoms with E-state index < -0.39 is 0 Å². The van der Waals surface area contributed by atoms with Crippen molar-refractivity contribution in [3.05, 3.63) is 18.2 Å². The topological polar surface area (TPSA) is 77.7 Å². The summed E-state index contributed by atoms with van der Waals surface area (Å²) >= 11 is 1.26. The Hall–Kier alpha value is -2.22. The van der Waals surface area contributed by atoms with Crippen LogP contribution in [0.4, 0.5) is 0 Å². The van der Waals surface area contributed by atoms with Crippen LogP contribution in [0.3, 0.4) is 0 Å². The Morgan fingerprint density at radius 1 is 1.14 bits per heavy atom. The quantitative estimate of drug-likeness (QED) is 0.647. The van der Waals surface area contributed by atoms with Crippen molar-refractivity contribution >= 4 is 17.7 Å². The first kappa shape index (κ1) is 20.5. The van der Waals surface area contributed by atoms with Crippen LogP contribution in [0.25, 0.3) is 11.5 Å². The molecule has 0 radical (unpaired) electrons. The van der Waals surface area contributed by atoms with Gasteiger partial charge in [-0.25, -0.2) is 0 Å². The standard InChI is InChI=1S/C20H27N3O4S/c1-13-5-7-15(8-6-13)23(2)18(24)12-28-20-22-21-19(27-20)14-9-16(25-3)11-17(10-14)26-4/h9-11,13,15H,5-8,12H2,1-4H3. The van der Waals surface area contributed by atoms with Gasteiger partial charge in [0.05, 0.1) is 20.0 Å². The van der Waals surface area contributed by atoms with E-state index in [0.717, 1.165) is 18.8 Å². The number of amides is 1. The Morgan fingerprint density at radius 3 is 2.39 bits per heavy atom. The molecule has 0 bridgehead atoms. The molecule has 1 aromatic heterocycles. The molecule has 28 heavy (non-hydrogen) atoms. The van der Waals surface area contributed by atoms with Gasteiger partial charge in [0.1, 0.15) is 11.5 Å². The summed E-state index contributed by atoms with van der Waals surface area (Å²) in [6.45, 7) is 2.28. The number of thioether (sulfide) groups is 1. The molecule has 2 aromatic rings. The molecule has 1 aliphatic carbocycles. The van der Waals surface area contributed by atoms with E-state index in [9.17, 15) is 4.79 Å². The van der Waals surface area contributed by atoms with E-state index in [1.165, 1.54) is 24.6 Å². The summed E-state index contributed by atoms with van der Waals surface area (Å²) in [5.74, 6) is 2.78. The SMILES string of the molecule is COc1cc(OC)cc(-c2nnc(SCC(=O)N(C)C3CCC(C)CC3)o2)c1. The molecule has 0 atom stereocenters. The molecular weight excluding hydrogens is 378 g/mol. The van der Waals surface area contributed by atoms with E-state index in [-0.39, 0.29) is 11.7 Å². The van der Waals surface area contributed by atoms with Crippen LogP contribution in [-0.2, 0) is 4.79 Å². The van der Waals surface area contributed by atoms with Crippen molar-refractivity contribution in [2.24, 2.45) is 5.92 Å². The van der Waals surface area contributed by atoms with Crippen LogP contribution in [0, 0.1) is 5.92 Å². The summed E-state index contributed by atoms with van der Waals surface area (Å²) in [4.78, 5) is 14.4. The smallest absolute Gasteiger partial charge is 0.277 e. The summed E-state index contributed by atoms with van der Waals surface area (Å²) in [5.41, 5.74) is 0.704. The largest absolute Gasteiger partial charge is 0.497 e. The molecule has 152 valence electrons. The molecule has 0 N–H and O–H groups in total. The minimum Gasteiger partial charge on any atom is -0.497 e. The van der Waals surface area contributed by atoms with E-state index >= 15 is 0 Å². The fourth-order valence-corrected chi connectivity index (χ4v) is 4.06. The second-order valence-corrected chi connectivity index (χ2v) is 8.11. The van der Waals surface area contributed by atoms with E-state index in [0.29, 0.717) is 34.2 Å². The Bertz CT molecular complexity index is 780. The predicted molar refractivity (Wildman–Crippen MR) is 108 cm³/mol. The van der Waals surface area contributed by atoms with Gasteiger partial charge in [-0.2, -0.15) is 0 Å². The van der Waals surface area contributed by atoms with E-state index in [2.05, 4.69) is 17.1 Å². The lowest BCUT2D eigenvalue weighted by atomic mass is 9.87. The van der Waals surface area contributed by atoms with Crippen LogP contribution in [0.15, 0.2) is 27.8 Å². The molecule has 8 heteroatoms. The molecule has 1 aromatic carbocycles. The molecule has 3 rings (SSSR count). The molecule has 0 aliphatic heterocycles. The van der Waals surface area contributed by atoms with Gasteiger partial charge in [0, 0.05) is 24.7 Å². The van der Waals surface area contributed by atoms with E-state index in [4.69, 9.17) is 13.9 Å². The predicted octanol–water partition coefficient (Wildman–Crippen LogP) is 3.88. The molecule has 7 nitrogen and oxygen atoms in total. The lowest BCUT2D eigenvalue weighted by molar-refractivity contribution is -0.129. The van der Waals surface area contributed by atoms with Crippen LogP contribution in [0.5, 0.6) is 11.5 Å². The Balaban J connectivity index is 1.59. The number of nitrogens with zero attached hydrogens (tertiary/aromatic N) is 3. The Labute approximate surface area is 169 Å². The lowest BCUT2D eigenvalue weighted by Gasteiger charge is -2.33. The minimum atomic E-state index is 0.0901. The molecule has 1 fully saturated rings. The zero-order valence-electron chi connectivity index (χ0n) is 16.8. The number of ether oxygens (including phenoxy) is 2. The number of benzene rings is 1. The lowest BCUT2D eigenvalue weighted by Crippen LogP contribution is -2.40. The average molecular weight is 406 g/mol. The van der Waals surface area contributed by atoms with Gasteiger partial charge in [-0.15, -0.1) is 10.2 Å². The third-order valence-corrected chi connectivity index (χ3v) is 6.05. The fourth-order valence-electron chi connectivity index (χ4n) is 3.37. The number of aromatic nitrogens is 2. The maximum atomic E-state index is 12.5. The number of methoxy groups -OCH3 is 2. The van der Waals surface area contributed by atoms with Gasteiger partial charge >= 0.3 is 0 Å². The summed E-state index contributed by atoms with van der Waals surface area (Å²) in [5, 5.41) is 8.51. The summed E-state index contributed by atoms with van der Waals surface area (Å²) in [6, 6.07) is 5.71. The molecular formula is C20H27N3O4S. The van der Waals surface area contributed by atoms with Crippen LogP contribution >= 0.6 is 11.8 Å². The molecule has 1 heterocycles. The van der Waals surface area contributed by atoms with Crippen molar-refractivity contribution in [1.29, 1.82) is 0 Å². The van der Waals surface area contributed by atoms with Crippen LogP contribution in [-0.4, -0.2) is 54.1 Å². The second-order valence-electron chi connectivity index (χ2n) is 7.18. The number of hydrogen-bond donors (Lipinski definition) is 0. The number of carbonyl (C=O) groups is 1. The fraction of sp³-hybridized carbons (Fsp3) is 0.550. The molecule has 0 spiro atoms. The van der Waals surface area contributed by atoms with Gasteiger partial charge in [-0.05, 0) is 43.7 Å². The van der Waals surface area contributed by atoms with E-state index in [1.54, 1.807) is 32.4 Å². The summed E-state index contributed by atoms with van der Waals surface area (Å²) in [6.07, 6.45) is 4.53. The number of hydrogen-bond acceptors (Lipinski definition) is 7. The molecule has 1 amide bonds. The number of rotatable bonds is 7. The van der Waals surface area contributed by atoms with Crippen molar-refractivity contribution < 1.29 is 18.7 Å². The third kappa shape index (κ3) is 4.98. The third-order valence-electron chi connectivity index (χ3n) is 5.25. The van der Waals surface area contributed by atoms with Gasteiger partial charge in [-0.3, -0.25) is 4.79 Å². The minimum absolute atomic E-state index is 0.0901. The maximum Gasteiger partial charge on any atom is 0.277 e. The average Bonchev–Trinajstić information content (AvgIpc) is 3.20. The molecule has 1 saturated carbocycles. The van der Waals surface area contributed by atoms with Crippen molar-refractivity contribution in [2.45, 2.75) is 43.9 Å². The Kier molecular flexibility index (Phi) is 6.83. The first-order valence-corrected chi connectivity index (χ1v) is 10.4. The van der Waals surface area contributed by atoms with Crippen molar-refractivity contribution in [3.63, 3.8) is 0 Å². The second kappa shape index (κ2) is 9.32. The normalized spacial score (nSPS) is 19.3. The highest BCUT2D eigenvalue weighted by molar-refractivity contribution is 7.99. The monoisotopic (exact) mass is 405 g/mol. The molecule has 0 unspecified atom stereocenters. The zero-order chi connectivity index (χ0) is 20.1. The maximum absolute atomic E-state index is 12.5. The van der Waals surface area contributed by atoms with Gasteiger partial charge < -0.3 is 18.8 Å². The van der Waals surface area contributed by atoms with Gasteiger partial charge in [0.25, 0.3) is 5.22 Å². The highest BCUT2D eigenvalue weighted by Gasteiger charge is 2.25. The highest BCUT2D eigenvalue weighted by atomic mass is 32.2. The first-order valence-electron chi connectivity index (χ1n) is 9.45. The van der Waals surface area contributed by atoms with E-state index in [1.807, 2.05) is 11.9 Å². The van der Waals surface area contributed by atoms with Crippen LogP contribution in [0.2, 0.25) is 0 Å². The zero-order valence-corrected chi connectivity index (χ0v) is 17.6. The van der Waals surface area contributed by atoms with Crippen molar-refractivity contribution in [3.8, 4) is 23.0 Å². The molecule has 1 aliphatic rings. The Morgan fingerprint density at radius 2 is 1.79 bits per heavy atom. The number of carbonyl (C=O) groups excluding carboxylic acids is 1. The van der Waals surface area contributed by atoms with Crippen molar-refractivity contribution in [1.82, 2.24) is 15.1 Å². The highest BCUT2D eigenvalue weighted by Crippen LogP contribution is 2.31. The van der Waals surface area contributed by atoms with Gasteiger partial charge in [0.2, 0.25) is 11.8 Å². The van der Waals surface area contributed by atoms with Crippen LogP contribution in [0.1, 0.15) is 32.6 Å². The summed E-state index contributed by atoms with van der Waals surface area (Å²) in [7, 11) is 5.07. The first-order chi connectivity index (χ1) is 13.5. The van der Waals surface area contributed by atoms with Crippen molar-refractivity contribution in [2.75, 3.05) is 27.0 Å². The molecule has 0 saturated heterocycles.